The van der Waals surface area contributed by atoms with Crippen molar-refractivity contribution in [2.24, 2.45) is 7.05 Å². The van der Waals surface area contributed by atoms with Crippen LogP contribution >= 0.6 is 0 Å². The average Bonchev–Trinajstić information content (AvgIpc) is 2.86. The van der Waals surface area contributed by atoms with Crippen molar-refractivity contribution in [2.75, 3.05) is 13.1 Å². The molecule has 0 saturated carbocycles. The Labute approximate surface area is 116 Å². The minimum atomic E-state index is -3.52. The Balaban J connectivity index is 2.06. The molecule has 0 spiro atoms. The first-order valence-corrected chi connectivity index (χ1v) is 7.74. The maximum absolute atomic E-state index is 12.4. The molecule has 0 radical (unpaired) electrons. The number of sulfone groups is 1. The first kappa shape index (κ1) is 14.5. The van der Waals surface area contributed by atoms with Gasteiger partial charge in [0.25, 0.3) is 0 Å². The van der Waals surface area contributed by atoms with Crippen LogP contribution in [0.2, 0.25) is 0 Å². The van der Waals surface area contributed by atoms with Crippen molar-refractivity contribution in [3.05, 3.63) is 6.33 Å². The molecule has 8 nitrogen and oxygen atoms in total. The number of hydrogen-bond acceptors (Lipinski definition) is 6. The van der Waals surface area contributed by atoms with E-state index in [0.717, 1.165) is 0 Å². The molecular formula is C11H15N5O3S. The first-order chi connectivity index (χ1) is 9.46. The minimum Gasteiger partial charge on any atom is -0.342 e. The summed E-state index contributed by atoms with van der Waals surface area (Å²) in [5.41, 5.74) is 0. The number of carbonyl (C=O) groups is 1. The fourth-order valence-electron chi connectivity index (χ4n) is 2.27. The number of nitriles is 1. The van der Waals surface area contributed by atoms with Gasteiger partial charge in [-0.3, -0.25) is 4.79 Å². The largest absolute Gasteiger partial charge is 0.342 e. The summed E-state index contributed by atoms with van der Waals surface area (Å²) in [7, 11) is -1.94. The number of rotatable bonds is 3. The molecule has 2 heterocycles. The maximum atomic E-state index is 12.4. The summed E-state index contributed by atoms with van der Waals surface area (Å²) in [5, 5.41) is 15.1. The number of piperidine rings is 1. The molecule has 1 saturated heterocycles. The van der Waals surface area contributed by atoms with Gasteiger partial charge in [0.05, 0.1) is 11.3 Å². The van der Waals surface area contributed by atoms with E-state index in [1.54, 1.807) is 13.1 Å². The van der Waals surface area contributed by atoms with Gasteiger partial charge in [0.1, 0.15) is 12.7 Å². The molecule has 1 aliphatic rings. The Kier molecular flexibility index (Phi) is 4.04. The highest BCUT2D eigenvalue weighted by Crippen LogP contribution is 2.23. The zero-order valence-corrected chi connectivity index (χ0v) is 11.9. The quantitative estimate of drug-likeness (QED) is 0.743. The normalized spacial score (nSPS) is 16.9. The number of nitrogens with zero attached hydrogens (tertiary/aromatic N) is 5. The monoisotopic (exact) mass is 297 g/mol. The third-order valence-electron chi connectivity index (χ3n) is 3.39. The SMILES string of the molecule is Cn1cnnc1S(=O)(=O)C1CCN(C(=O)CC#N)CC1. The molecule has 0 N–H and O–H groups in total. The van der Waals surface area contributed by atoms with Gasteiger partial charge in [0.15, 0.2) is 0 Å². The van der Waals surface area contributed by atoms with Crippen molar-refractivity contribution in [2.45, 2.75) is 29.7 Å². The summed E-state index contributed by atoms with van der Waals surface area (Å²) in [6, 6.07) is 1.81. The van der Waals surface area contributed by atoms with E-state index in [1.807, 2.05) is 0 Å². The van der Waals surface area contributed by atoms with Crippen molar-refractivity contribution >= 4 is 15.7 Å². The molecule has 1 fully saturated rings. The van der Waals surface area contributed by atoms with Crippen LogP contribution in [-0.2, 0) is 21.7 Å². The molecule has 2 rings (SSSR count). The number of carbonyl (C=O) groups excluding carboxylic acids is 1. The Morgan fingerprint density at radius 3 is 2.65 bits per heavy atom. The van der Waals surface area contributed by atoms with Crippen LogP contribution < -0.4 is 0 Å². The first-order valence-electron chi connectivity index (χ1n) is 6.19. The lowest BCUT2D eigenvalue weighted by Gasteiger charge is -2.30. The van der Waals surface area contributed by atoms with E-state index in [1.165, 1.54) is 15.8 Å². The maximum Gasteiger partial charge on any atom is 0.249 e. The lowest BCUT2D eigenvalue weighted by molar-refractivity contribution is -0.130. The van der Waals surface area contributed by atoms with Gasteiger partial charge in [-0.15, -0.1) is 10.2 Å². The van der Waals surface area contributed by atoms with Crippen molar-refractivity contribution < 1.29 is 13.2 Å². The smallest absolute Gasteiger partial charge is 0.249 e. The molecule has 9 heteroatoms. The van der Waals surface area contributed by atoms with Gasteiger partial charge in [-0.1, -0.05) is 0 Å². The summed E-state index contributed by atoms with van der Waals surface area (Å²) < 4.78 is 26.2. The highest BCUT2D eigenvalue weighted by Gasteiger charge is 2.35. The number of aromatic nitrogens is 3. The number of aryl methyl sites for hydroxylation is 1. The van der Waals surface area contributed by atoms with Crippen LogP contribution in [0.15, 0.2) is 11.5 Å². The van der Waals surface area contributed by atoms with Crippen molar-refractivity contribution in [3.63, 3.8) is 0 Å². The molecule has 1 aliphatic heterocycles. The molecule has 1 amide bonds. The van der Waals surface area contributed by atoms with E-state index in [-0.39, 0.29) is 17.5 Å². The van der Waals surface area contributed by atoms with Crippen molar-refractivity contribution in [1.29, 1.82) is 5.26 Å². The van der Waals surface area contributed by atoms with E-state index in [2.05, 4.69) is 10.2 Å². The highest BCUT2D eigenvalue weighted by atomic mass is 32.2. The summed E-state index contributed by atoms with van der Waals surface area (Å²) in [6.45, 7) is 0.699. The van der Waals surface area contributed by atoms with Crippen LogP contribution in [0, 0.1) is 11.3 Å². The molecule has 0 bridgehead atoms. The Bertz CT molecular complexity index is 637. The molecule has 1 aromatic rings. The second-order valence-electron chi connectivity index (χ2n) is 4.68. The number of hydrogen-bond donors (Lipinski definition) is 0. The molecule has 0 atom stereocenters. The van der Waals surface area contributed by atoms with Gasteiger partial charge in [-0.05, 0) is 12.8 Å². The highest BCUT2D eigenvalue weighted by molar-refractivity contribution is 7.91. The lowest BCUT2D eigenvalue weighted by atomic mass is 10.1. The second-order valence-corrected chi connectivity index (χ2v) is 6.81. The van der Waals surface area contributed by atoms with E-state index < -0.39 is 15.1 Å². The van der Waals surface area contributed by atoms with Crippen LogP contribution in [0.1, 0.15) is 19.3 Å². The summed E-state index contributed by atoms with van der Waals surface area (Å²) >= 11 is 0. The van der Waals surface area contributed by atoms with E-state index in [9.17, 15) is 13.2 Å². The number of amides is 1. The molecule has 0 unspecified atom stereocenters. The standard InChI is InChI=1S/C11H15N5O3S/c1-15-8-13-14-11(15)20(18,19)9-3-6-16(7-4-9)10(17)2-5-12/h8-9H,2-4,6-7H2,1H3. The van der Waals surface area contributed by atoms with E-state index in [4.69, 9.17) is 5.26 Å². The zero-order valence-electron chi connectivity index (χ0n) is 11.1. The van der Waals surface area contributed by atoms with Crippen LogP contribution in [0.5, 0.6) is 0 Å². The van der Waals surface area contributed by atoms with Gasteiger partial charge < -0.3 is 9.47 Å². The molecule has 0 aliphatic carbocycles. The van der Waals surface area contributed by atoms with Crippen molar-refractivity contribution in [3.8, 4) is 6.07 Å². The third kappa shape index (κ3) is 2.65. The van der Waals surface area contributed by atoms with Crippen LogP contribution in [0.3, 0.4) is 0 Å². The Morgan fingerprint density at radius 1 is 1.50 bits per heavy atom. The minimum absolute atomic E-state index is 0.0423. The molecule has 1 aromatic heterocycles. The summed E-state index contributed by atoms with van der Waals surface area (Å²) in [5.74, 6) is -0.248. The Hall–Kier alpha value is -1.95. The summed E-state index contributed by atoms with van der Waals surface area (Å²) in [4.78, 5) is 13.1. The lowest BCUT2D eigenvalue weighted by Crippen LogP contribution is -2.42. The zero-order chi connectivity index (χ0) is 14.8. The van der Waals surface area contributed by atoms with Crippen LogP contribution in [0.4, 0.5) is 0 Å². The van der Waals surface area contributed by atoms with Crippen LogP contribution in [0.25, 0.3) is 0 Å². The topological polar surface area (TPSA) is 109 Å². The van der Waals surface area contributed by atoms with E-state index >= 15 is 0 Å². The fourth-order valence-corrected chi connectivity index (χ4v) is 4.01. The third-order valence-corrected chi connectivity index (χ3v) is 5.62. The van der Waals surface area contributed by atoms with Gasteiger partial charge in [0.2, 0.25) is 20.9 Å². The second kappa shape index (κ2) is 5.58. The summed E-state index contributed by atoms with van der Waals surface area (Å²) in [6.07, 6.45) is 1.89. The molecule has 108 valence electrons. The number of likely N-dealkylation sites (tertiary alicyclic amines) is 1. The van der Waals surface area contributed by atoms with Gasteiger partial charge in [-0.2, -0.15) is 5.26 Å². The van der Waals surface area contributed by atoms with Crippen molar-refractivity contribution in [1.82, 2.24) is 19.7 Å². The molecule has 0 aromatic carbocycles. The van der Waals surface area contributed by atoms with E-state index in [0.29, 0.717) is 25.9 Å². The van der Waals surface area contributed by atoms with Gasteiger partial charge >= 0.3 is 0 Å². The Morgan fingerprint density at radius 2 is 2.15 bits per heavy atom. The van der Waals surface area contributed by atoms with Gasteiger partial charge in [-0.25, -0.2) is 8.42 Å². The predicted octanol–water partition coefficient (Wildman–Crippen LogP) is -0.507. The average molecular weight is 297 g/mol. The van der Waals surface area contributed by atoms with Crippen LogP contribution in [-0.4, -0.2) is 52.3 Å². The van der Waals surface area contributed by atoms with Gasteiger partial charge in [0, 0.05) is 20.1 Å². The molecular weight excluding hydrogens is 282 g/mol. The molecule has 20 heavy (non-hydrogen) atoms. The fraction of sp³-hybridized carbons (Fsp3) is 0.636. The predicted molar refractivity (Wildman–Crippen MR) is 68.0 cm³/mol.